The van der Waals surface area contributed by atoms with Gasteiger partial charge in [-0.2, -0.15) is 4.98 Å². The lowest BCUT2D eigenvalue weighted by Crippen LogP contribution is -2.09. The first kappa shape index (κ1) is 15.5. The number of carbonyl (C=O) groups is 1. The maximum Gasteiger partial charge on any atom is 0.341 e. The van der Waals surface area contributed by atoms with Gasteiger partial charge in [-0.1, -0.05) is 5.16 Å². The molecule has 24 heavy (non-hydrogen) atoms. The van der Waals surface area contributed by atoms with Crippen molar-refractivity contribution in [3.8, 4) is 34.3 Å². The van der Waals surface area contributed by atoms with Gasteiger partial charge in [0.15, 0.2) is 6.61 Å². The van der Waals surface area contributed by atoms with Crippen molar-refractivity contribution in [3.63, 3.8) is 0 Å². The monoisotopic (exact) mass is 326 g/mol. The van der Waals surface area contributed by atoms with Crippen molar-refractivity contribution in [2.24, 2.45) is 0 Å². The Morgan fingerprint density at radius 3 is 2.29 bits per heavy atom. The zero-order valence-electron chi connectivity index (χ0n) is 12.8. The van der Waals surface area contributed by atoms with E-state index >= 15 is 0 Å². The summed E-state index contributed by atoms with van der Waals surface area (Å²) >= 11 is 0. The van der Waals surface area contributed by atoms with Gasteiger partial charge in [-0.3, -0.25) is 0 Å². The first-order valence-electron chi connectivity index (χ1n) is 7.09. The number of aliphatic carboxylic acids is 1. The fourth-order valence-corrected chi connectivity index (χ4v) is 2.04. The second-order valence-corrected chi connectivity index (χ2v) is 4.86. The highest BCUT2D eigenvalue weighted by atomic mass is 16.5. The van der Waals surface area contributed by atoms with Crippen LogP contribution in [0, 0.1) is 0 Å². The van der Waals surface area contributed by atoms with Gasteiger partial charge in [-0.25, -0.2) is 4.79 Å². The van der Waals surface area contributed by atoms with Crippen LogP contribution in [0.3, 0.4) is 0 Å². The Morgan fingerprint density at radius 1 is 1.04 bits per heavy atom. The molecule has 0 saturated heterocycles. The van der Waals surface area contributed by atoms with E-state index < -0.39 is 5.97 Å². The number of hydrogen-bond acceptors (Lipinski definition) is 6. The number of rotatable bonds is 6. The second kappa shape index (κ2) is 6.82. The van der Waals surface area contributed by atoms with Crippen LogP contribution in [0.2, 0.25) is 0 Å². The average molecular weight is 326 g/mol. The van der Waals surface area contributed by atoms with Crippen LogP contribution in [0.5, 0.6) is 11.5 Å². The minimum absolute atomic E-state index is 0.366. The summed E-state index contributed by atoms with van der Waals surface area (Å²) in [7, 11) is 1.60. The molecule has 0 aliphatic carbocycles. The van der Waals surface area contributed by atoms with Gasteiger partial charge in [0.1, 0.15) is 11.5 Å². The van der Waals surface area contributed by atoms with Crippen LogP contribution in [0.25, 0.3) is 22.8 Å². The highest BCUT2D eigenvalue weighted by Gasteiger charge is 2.11. The number of ether oxygens (including phenoxy) is 2. The third-order valence-electron chi connectivity index (χ3n) is 3.24. The Bertz CT molecular complexity index is 825. The maximum atomic E-state index is 10.5. The van der Waals surface area contributed by atoms with Gasteiger partial charge in [0.2, 0.25) is 5.82 Å². The van der Waals surface area contributed by atoms with Crippen LogP contribution in [-0.2, 0) is 4.79 Å². The molecule has 1 heterocycles. The molecule has 3 rings (SSSR count). The lowest BCUT2D eigenvalue weighted by atomic mass is 10.2. The van der Waals surface area contributed by atoms with Crippen molar-refractivity contribution < 1.29 is 23.9 Å². The third kappa shape index (κ3) is 3.52. The molecule has 1 N–H and O–H groups in total. The third-order valence-corrected chi connectivity index (χ3v) is 3.24. The predicted octanol–water partition coefficient (Wildman–Crippen LogP) is 2.88. The van der Waals surface area contributed by atoms with Gasteiger partial charge in [0.05, 0.1) is 7.11 Å². The lowest BCUT2D eigenvalue weighted by molar-refractivity contribution is -0.139. The van der Waals surface area contributed by atoms with Crippen molar-refractivity contribution in [1.29, 1.82) is 0 Å². The molecule has 0 aliphatic heterocycles. The molecular weight excluding hydrogens is 312 g/mol. The number of benzene rings is 2. The largest absolute Gasteiger partial charge is 0.497 e. The summed E-state index contributed by atoms with van der Waals surface area (Å²) in [5, 5.41) is 12.5. The topological polar surface area (TPSA) is 94.7 Å². The summed E-state index contributed by atoms with van der Waals surface area (Å²) in [5.41, 5.74) is 1.53. The summed E-state index contributed by atoms with van der Waals surface area (Å²) in [6, 6.07) is 14.1. The molecule has 0 fully saturated rings. The Labute approximate surface area is 137 Å². The van der Waals surface area contributed by atoms with Crippen molar-refractivity contribution in [3.05, 3.63) is 48.5 Å². The minimum atomic E-state index is -1.03. The molecule has 0 amide bonds. The molecule has 1 aromatic heterocycles. The number of nitrogens with zero attached hydrogens (tertiary/aromatic N) is 2. The molecule has 3 aromatic rings. The van der Waals surface area contributed by atoms with Gasteiger partial charge in [0, 0.05) is 11.1 Å². The smallest absolute Gasteiger partial charge is 0.341 e. The number of carboxylic acids is 1. The molecule has 7 nitrogen and oxygen atoms in total. The van der Waals surface area contributed by atoms with Crippen molar-refractivity contribution in [1.82, 2.24) is 10.1 Å². The zero-order chi connectivity index (χ0) is 16.9. The first-order valence-corrected chi connectivity index (χ1v) is 7.09. The molecule has 0 saturated carbocycles. The molecule has 2 aromatic carbocycles. The molecule has 0 aliphatic rings. The lowest BCUT2D eigenvalue weighted by Gasteiger charge is -2.02. The maximum absolute atomic E-state index is 10.5. The summed E-state index contributed by atoms with van der Waals surface area (Å²) < 4.78 is 15.5. The molecule has 0 atom stereocenters. The standard InChI is InChI=1S/C17H14N2O5/c1-22-13-6-2-11(3-7-13)16-18-17(24-19-16)12-4-8-14(9-5-12)23-10-15(20)21/h2-9H,10H2,1H3,(H,20,21). The van der Waals surface area contributed by atoms with Gasteiger partial charge < -0.3 is 19.1 Å². The molecule has 0 bridgehead atoms. The predicted molar refractivity (Wildman–Crippen MR) is 84.9 cm³/mol. The number of aromatic nitrogens is 2. The van der Waals surface area contributed by atoms with Crippen LogP contribution in [0.1, 0.15) is 0 Å². The van der Waals surface area contributed by atoms with E-state index in [-0.39, 0.29) is 6.61 Å². The van der Waals surface area contributed by atoms with E-state index in [1.165, 1.54) is 0 Å². The summed E-state index contributed by atoms with van der Waals surface area (Å²) in [6.45, 7) is -0.387. The number of hydrogen-bond donors (Lipinski definition) is 1. The quantitative estimate of drug-likeness (QED) is 0.744. The van der Waals surface area contributed by atoms with Crippen molar-refractivity contribution in [2.45, 2.75) is 0 Å². The van der Waals surface area contributed by atoms with Crippen LogP contribution >= 0.6 is 0 Å². The fourth-order valence-electron chi connectivity index (χ4n) is 2.04. The van der Waals surface area contributed by atoms with Crippen LogP contribution in [-0.4, -0.2) is 34.9 Å². The first-order chi connectivity index (χ1) is 11.7. The second-order valence-electron chi connectivity index (χ2n) is 4.86. The van der Waals surface area contributed by atoms with Gasteiger partial charge in [-0.05, 0) is 48.5 Å². The van der Waals surface area contributed by atoms with E-state index in [9.17, 15) is 4.79 Å². The van der Waals surface area contributed by atoms with Gasteiger partial charge >= 0.3 is 5.97 Å². The summed E-state index contributed by atoms with van der Waals surface area (Å²) in [4.78, 5) is 14.8. The fraction of sp³-hybridized carbons (Fsp3) is 0.118. The van der Waals surface area contributed by atoms with E-state index in [0.717, 1.165) is 11.3 Å². The van der Waals surface area contributed by atoms with E-state index in [0.29, 0.717) is 23.0 Å². The zero-order valence-corrected chi connectivity index (χ0v) is 12.8. The van der Waals surface area contributed by atoms with Gasteiger partial charge in [-0.15, -0.1) is 0 Å². The highest BCUT2D eigenvalue weighted by molar-refractivity contribution is 5.68. The summed E-state index contributed by atoms with van der Waals surface area (Å²) in [6.07, 6.45) is 0. The SMILES string of the molecule is COc1ccc(-c2noc(-c3ccc(OCC(=O)O)cc3)n2)cc1. The van der Waals surface area contributed by atoms with Crippen LogP contribution < -0.4 is 9.47 Å². The van der Waals surface area contributed by atoms with Crippen molar-refractivity contribution >= 4 is 5.97 Å². The Balaban J connectivity index is 1.76. The van der Waals surface area contributed by atoms with Crippen LogP contribution in [0.15, 0.2) is 53.1 Å². The van der Waals surface area contributed by atoms with Gasteiger partial charge in [0.25, 0.3) is 5.89 Å². The number of methoxy groups -OCH3 is 1. The van der Waals surface area contributed by atoms with E-state index in [4.69, 9.17) is 19.1 Å². The minimum Gasteiger partial charge on any atom is -0.497 e. The Hall–Kier alpha value is -3.35. The highest BCUT2D eigenvalue weighted by Crippen LogP contribution is 2.25. The van der Waals surface area contributed by atoms with Crippen LogP contribution in [0.4, 0.5) is 0 Å². The molecule has 0 spiro atoms. The molecule has 7 heteroatoms. The van der Waals surface area contributed by atoms with E-state index in [2.05, 4.69) is 10.1 Å². The van der Waals surface area contributed by atoms with E-state index in [1.54, 1.807) is 31.4 Å². The molecular formula is C17H14N2O5. The summed E-state index contributed by atoms with van der Waals surface area (Å²) in [5.74, 6) is 1.01. The Kier molecular flexibility index (Phi) is 4.42. The van der Waals surface area contributed by atoms with Crippen molar-refractivity contribution in [2.75, 3.05) is 13.7 Å². The number of carboxylic acid groups (broad SMARTS) is 1. The molecule has 0 unspecified atom stereocenters. The molecule has 0 radical (unpaired) electrons. The average Bonchev–Trinajstić information content (AvgIpc) is 3.10. The van der Waals surface area contributed by atoms with E-state index in [1.807, 2.05) is 24.3 Å². The molecule has 122 valence electrons. The Morgan fingerprint density at radius 2 is 1.67 bits per heavy atom. The normalized spacial score (nSPS) is 10.4.